The second-order valence-electron chi connectivity index (χ2n) is 9.96. The minimum absolute atomic E-state index is 0.122. The maximum absolute atomic E-state index is 11.8. The predicted octanol–water partition coefficient (Wildman–Crippen LogP) is 2.42. The Morgan fingerprint density at radius 1 is 1.38 bits per heavy atom. The minimum Gasteiger partial charge on any atom is -0.380 e. The van der Waals surface area contributed by atoms with Crippen molar-refractivity contribution in [3.05, 3.63) is 52.3 Å². The van der Waals surface area contributed by atoms with E-state index < -0.39 is 6.23 Å². The van der Waals surface area contributed by atoms with Gasteiger partial charge in [0.1, 0.15) is 12.4 Å². The number of H-pyrrole nitrogens is 1. The minimum atomic E-state index is -0.892. The van der Waals surface area contributed by atoms with Crippen molar-refractivity contribution >= 4 is 23.3 Å². The van der Waals surface area contributed by atoms with Crippen LogP contribution < -0.4 is 16.2 Å². The molecule has 0 saturated carbocycles. The van der Waals surface area contributed by atoms with E-state index in [0.29, 0.717) is 25.8 Å². The normalized spacial score (nSPS) is 19.0. The predicted molar refractivity (Wildman–Crippen MR) is 153 cm³/mol. The number of nitrogens with zero attached hydrogens (tertiary/aromatic N) is 3. The Kier molecular flexibility index (Phi) is 11.3. The lowest BCUT2D eigenvalue weighted by atomic mass is 10.00. The number of hydrogen-bond donors (Lipinski definition) is 4. The lowest BCUT2D eigenvalue weighted by molar-refractivity contribution is 0.0659. The maximum Gasteiger partial charge on any atom is 0.248 e. The molecule has 1 aliphatic heterocycles. The number of aryl methyl sites for hydroxylation is 1. The summed E-state index contributed by atoms with van der Waals surface area (Å²) in [5.74, 6) is -0.318. The van der Waals surface area contributed by atoms with Crippen LogP contribution in [0.2, 0.25) is 0 Å². The van der Waals surface area contributed by atoms with Gasteiger partial charge in [0.05, 0.1) is 12.5 Å². The van der Waals surface area contributed by atoms with Crippen molar-refractivity contribution in [2.45, 2.75) is 45.1 Å². The van der Waals surface area contributed by atoms with E-state index in [0.717, 1.165) is 54.6 Å². The molecule has 0 radical (unpaired) electrons. The smallest absolute Gasteiger partial charge is 0.248 e. The molecular formula is C28H44N6O3. The number of likely N-dealkylation sites (N-methyl/N-ethyl adjacent to an activating group) is 1. The van der Waals surface area contributed by atoms with Crippen molar-refractivity contribution in [3.8, 4) is 0 Å². The second-order valence-corrected chi connectivity index (χ2v) is 9.96. The summed E-state index contributed by atoms with van der Waals surface area (Å²) in [7, 11) is 4.17. The van der Waals surface area contributed by atoms with Gasteiger partial charge in [-0.25, -0.2) is 0 Å². The molecular weight excluding hydrogens is 468 g/mol. The number of aliphatic hydroxyl groups is 1. The van der Waals surface area contributed by atoms with Crippen LogP contribution in [0.25, 0.3) is 10.9 Å². The standard InChI is InChI=1S/C28H44N6O3/c1-6-37-16-14-30-13-7-10-23(27(29-3)34-15-8-9-22(34)19-33(4)5)28(36)31-21-11-12-25-24(18-21)20(2)17-26(35)32-25/h7,10-12,17-18,22-23,27-28,30-31,36H,3,6,8-9,13-16,19H2,1-2,4-5H3,(H,32,35)/b10-7+. The number of anilines is 1. The molecule has 0 amide bonds. The van der Waals surface area contributed by atoms with Crippen LogP contribution in [0.4, 0.5) is 5.69 Å². The van der Waals surface area contributed by atoms with Crippen LogP contribution in [-0.2, 0) is 4.74 Å². The molecule has 0 bridgehead atoms. The molecule has 1 fully saturated rings. The van der Waals surface area contributed by atoms with E-state index in [9.17, 15) is 9.90 Å². The molecule has 1 aromatic heterocycles. The van der Waals surface area contributed by atoms with E-state index in [1.54, 1.807) is 6.07 Å². The van der Waals surface area contributed by atoms with Crippen molar-refractivity contribution in [1.82, 2.24) is 20.1 Å². The first kappa shape index (κ1) is 29.0. The average molecular weight is 513 g/mol. The molecule has 2 aromatic rings. The average Bonchev–Trinajstić information content (AvgIpc) is 3.30. The molecule has 4 atom stereocenters. The van der Waals surface area contributed by atoms with Gasteiger partial charge in [0.15, 0.2) is 0 Å². The molecule has 1 aromatic carbocycles. The van der Waals surface area contributed by atoms with Crippen LogP contribution in [0, 0.1) is 12.8 Å². The number of aromatic nitrogens is 1. The molecule has 1 saturated heterocycles. The topological polar surface area (TPSA) is 105 Å². The Labute approximate surface area is 220 Å². The number of benzene rings is 1. The Morgan fingerprint density at radius 2 is 2.19 bits per heavy atom. The van der Waals surface area contributed by atoms with Gasteiger partial charge in [-0.1, -0.05) is 12.2 Å². The fourth-order valence-corrected chi connectivity index (χ4v) is 5.12. The molecule has 0 aliphatic carbocycles. The first-order chi connectivity index (χ1) is 17.8. The van der Waals surface area contributed by atoms with Gasteiger partial charge < -0.3 is 30.4 Å². The molecule has 204 valence electrons. The summed E-state index contributed by atoms with van der Waals surface area (Å²) in [5.41, 5.74) is 2.32. The zero-order chi connectivity index (χ0) is 26.8. The van der Waals surface area contributed by atoms with Crippen molar-refractivity contribution in [1.29, 1.82) is 0 Å². The lowest BCUT2D eigenvalue weighted by Crippen LogP contribution is -2.49. The summed E-state index contributed by atoms with van der Waals surface area (Å²) in [6.07, 6.45) is 5.13. The number of nitrogens with one attached hydrogen (secondary N) is 3. The highest BCUT2D eigenvalue weighted by molar-refractivity contribution is 5.85. The van der Waals surface area contributed by atoms with E-state index in [1.165, 1.54) is 0 Å². The summed E-state index contributed by atoms with van der Waals surface area (Å²) in [4.78, 5) is 23.8. The maximum atomic E-state index is 11.8. The van der Waals surface area contributed by atoms with Crippen LogP contribution in [-0.4, -0.2) is 98.5 Å². The number of ether oxygens (including phenoxy) is 1. The first-order valence-electron chi connectivity index (χ1n) is 13.2. The van der Waals surface area contributed by atoms with Gasteiger partial charge in [-0.05, 0) is 71.3 Å². The highest BCUT2D eigenvalue weighted by atomic mass is 16.5. The van der Waals surface area contributed by atoms with Crippen molar-refractivity contribution in [2.24, 2.45) is 10.9 Å². The van der Waals surface area contributed by atoms with Gasteiger partial charge in [-0.2, -0.15) is 0 Å². The molecule has 2 heterocycles. The zero-order valence-corrected chi connectivity index (χ0v) is 22.7. The SMILES string of the molecule is C=NC(C(/C=C/CNCCOCC)C(O)Nc1ccc2[nH]c(=O)cc(C)c2c1)N1CCCC1CN(C)C. The first-order valence-corrected chi connectivity index (χ1v) is 13.2. The van der Waals surface area contributed by atoms with Crippen LogP contribution >= 0.6 is 0 Å². The summed E-state index contributed by atoms with van der Waals surface area (Å²) in [5, 5.41) is 19.0. The van der Waals surface area contributed by atoms with Crippen molar-refractivity contribution in [3.63, 3.8) is 0 Å². The van der Waals surface area contributed by atoms with Crippen molar-refractivity contribution in [2.75, 3.05) is 58.8 Å². The monoisotopic (exact) mass is 512 g/mol. The molecule has 3 rings (SSSR count). The van der Waals surface area contributed by atoms with Crippen LogP contribution in [0.15, 0.2) is 46.2 Å². The Bertz CT molecular complexity index is 1090. The fraction of sp³-hybridized carbons (Fsp3) is 0.571. The van der Waals surface area contributed by atoms with Gasteiger partial charge in [0, 0.05) is 61.5 Å². The van der Waals surface area contributed by atoms with E-state index in [1.807, 2.05) is 44.2 Å². The molecule has 4 unspecified atom stereocenters. The molecule has 9 nitrogen and oxygen atoms in total. The van der Waals surface area contributed by atoms with Gasteiger partial charge >= 0.3 is 0 Å². The van der Waals surface area contributed by atoms with Gasteiger partial charge in [-0.3, -0.25) is 14.7 Å². The van der Waals surface area contributed by atoms with Crippen LogP contribution in [0.5, 0.6) is 0 Å². The second kappa shape index (κ2) is 14.4. The third-order valence-electron chi connectivity index (χ3n) is 6.85. The fourth-order valence-electron chi connectivity index (χ4n) is 5.12. The van der Waals surface area contributed by atoms with E-state index in [2.05, 4.69) is 51.2 Å². The lowest BCUT2D eigenvalue weighted by Gasteiger charge is -2.37. The zero-order valence-electron chi connectivity index (χ0n) is 22.7. The molecule has 0 spiro atoms. The van der Waals surface area contributed by atoms with E-state index in [-0.39, 0.29) is 17.6 Å². The third-order valence-corrected chi connectivity index (χ3v) is 6.85. The van der Waals surface area contributed by atoms with Gasteiger partial charge in [-0.15, -0.1) is 0 Å². The summed E-state index contributed by atoms with van der Waals surface area (Å²) < 4.78 is 5.39. The Morgan fingerprint density at radius 3 is 2.92 bits per heavy atom. The van der Waals surface area contributed by atoms with Crippen LogP contribution in [0.3, 0.4) is 0 Å². The largest absolute Gasteiger partial charge is 0.380 e. The number of hydrogen-bond acceptors (Lipinski definition) is 8. The Hall–Kier alpha value is -2.56. The van der Waals surface area contributed by atoms with Crippen molar-refractivity contribution < 1.29 is 9.84 Å². The van der Waals surface area contributed by atoms with Gasteiger partial charge in [0.2, 0.25) is 5.56 Å². The number of pyridine rings is 1. The number of fused-ring (bicyclic) bond motifs is 1. The molecule has 1 aliphatic rings. The molecule has 4 N–H and O–H groups in total. The third kappa shape index (κ3) is 8.21. The Balaban J connectivity index is 1.81. The number of likely N-dealkylation sites (tertiary alicyclic amines) is 1. The number of aromatic amines is 1. The summed E-state index contributed by atoms with van der Waals surface area (Å²) in [6, 6.07) is 7.64. The number of rotatable bonds is 15. The number of aliphatic hydroxyl groups excluding tert-OH is 1. The summed E-state index contributed by atoms with van der Waals surface area (Å²) >= 11 is 0. The summed E-state index contributed by atoms with van der Waals surface area (Å²) in [6.45, 7) is 12.5. The highest BCUT2D eigenvalue weighted by Crippen LogP contribution is 2.29. The highest BCUT2D eigenvalue weighted by Gasteiger charge is 2.37. The quantitative estimate of drug-likeness (QED) is 0.126. The van der Waals surface area contributed by atoms with Crippen LogP contribution in [0.1, 0.15) is 25.3 Å². The van der Waals surface area contributed by atoms with E-state index >= 15 is 0 Å². The number of aliphatic imine (C=N–C) groups is 1. The molecule has 37 heavy (non-hydrogen) atoms. The van der Waals surface area contributed by atoms with Gasteiger partial charge in [0.25, 0.3) is 0 Å². The molecule has 9 heteroatoms. The van der Waals surface area contributed by atoms with E-state index in [4.69, 9.17) is 4.74 Å².